The van der Waals surface area contributed by atoms with Crippen LogP contribution in [0.15, 0.2) is 96.3 Å². The molecule has 1 aromatic heterocycles. The van der Waals surface area contributed by atoms with Crippen molar-refractivity contribution in [3.8, 4) is 0 Å². The van der Waals surface area contributed by atoms with E-state index in [9.17, 15) is 9.59 Å². The predicted molar refractivity (Wildman–Crippen MR) is 138 cm³/mol. The molecular formula is C27H21ClFN5O2. The monoisotopic (exact) mass is 501 g/mol. The maximum atomic E-state index is 15.0. The van der Waals surface area contributed by atoms with Gasteiger partial charge in [0.15, 0.2) is 0 Å². The molecule has 36 heavy (non-hydrogen) atoms. The molecule has 3 aromatic carbocycles. The first kappa shape index (κ1) is 23.3. The van der Waals surface area contributed by atoms with Crippen LogP contribution in [0.2, 0.25) is 5.02 Å². The Labute approximate surface area is 211 Å². The Bertz CT molecular complexity index is 1480. The molecule has 1 aliphatic heterocycles. The molecular weight excluding hydrogens is 481 g/mol. The minimum atomic E-state index is -0.909. The highest BCUT2D eigenvalue weighted by molar-refractivity contribution is 6.30. The van der Waals surface area contributed by atoms with Crippen molar-refractivity contribution in [2.24, 2.45) is 0 Å². The number of benzene rings is 3. The molecule has 0 saturated carbocycles. The number of carbonyl (C=O) groups is 2. The maximum absolute atomic E-state index is 15.0. The van der Waals surface area contributed by atoms with Gasteiger partial charge in [-0.15, -0.1) is 0 Å². The number of carbonyl (C=O) groups excluding carboxylic acids is 2. The van der Waals surface area contributed by atoms with Crippen molar-refractivity contribution < 1.29 is 14.0 Å². The van der Waals surface area contributed by atoms with Gasteiger partial charge in [0.2, 0.25) is 0 Å². The Morgan fingerprint density at radius 2 is 1.56 bits per heavy atom. The second kappa shape index (κ2) is 9.67. The van der Waals surface area contributed by atoms with Crippen LogP contribution in [0.25, 0.3) is 0 Å². The Morgan fingerprint density at radius 1 is 0.917 bits per heavy atom. The number of anilines is 3. The van der Waals surface area contributed by atoms with E-state index < -0.39 is 17.8 Å². The lowest BCUT2D eigenvalue weighted by Crippen LogP contribution is -2.32. The molecule has 180 valence electrons. The van der Waals surface area contributed by atoms with Crippen molar-refractivity contribution in [2.45, 2.75) is 13.0 Å². The second-order valence-corrected chi connectivity index (χ2v) is 8.66. The molecule has 0 saturated heterocycles. The van der Waals surface area contributed by atoms with Crippen LogP contribution in [-0.4, -0.2) is 21.6 Å². The third-order valence-electron chi connectivity index (χ3n) is 5.85. The van der Waals surface area contributed by atoms with Crippen molar-refractivity contribution in [1.82, 2.24) is 9.78 Å². The Morgan fingerprint density at radius 3 is 2.28 bits per heavy atom. The van der Waals surface area contributed by atoms with Crippen LogP contribution in [0, 0.1) is 5.82 Å². The zero-order valence-corrected chi connectivity index (χ0v) is 19.9. The number of nitrogens with zero attached hydrogens (tertiary/aromatic N) is 2. The van der Waals surface area contributed by atoms with Gasteiger partial charge in [-0.1, -0.05) is 48.0 Å². The van der Waals surface area contributed by atoms with Crippen molar-refractivity contribution in [3.63, 3.8) is 0 Å². The van der Waals surface area contributed by atoms with E-state index in [0.717, 1.165) is 0 Å². The molecule has 1 atom stereocenters. The van der Waals surface area contributed by atoms with E-state index in [2.05, 4.69) is 21.0 Å². The molecule has 0 radical (unpaired) electrons. The highest BCUT2D eigenvalue weighted by atomic mass is 35.5. The number of halogens is 2. The number of fused-ring (bicyclic) bond motifs is 1. The molecule has 1 aliphatic rings. The molecule has 3 N–H and O–H groups in total. The Hall–Kier alpha value is -4.43. The number of nitrogens with one attached hydrogen (secondary N) is 3. The molecule has 2 amide bonds. The molecule has 5 rings (SSSR count). The van der Waals surface area contributed by atoms with Crippen LogP contribution >= 0.6 is 11.6 Å². The van der Waals surface area contributed by atoms with Crippen molar-refractivity contribution in [1.29, 1.82) is 0 Å². The Balaban J connectivity index is 1.55. The van der Waals surface area contributed by atoms with Gasteiger partial charge in [0, 0.05) is 27.7 Å². The second-order valence-electron chi connectivity index (χ2n) is 8.22. The lowest BCUT2D eigenvalue weighted by Gasteiger charge is -2.30. The summed E-state index contributed by atoms with van der Waals surface area (Å²) in [7, 11) is 0. The molecule has 0 spiro atoms. The van der Waals surface area contributed by atoms with Crippen LogP contribution in [0.1, 0.15) is 28.9 Å². The summed E-state index contributed by atoms with van der Waals surface area (Å²) in [6.45, 7) is 1.71. The van der Waals surface area contributed by atoms with Gasteiger partial charge in [0.05, 0.1) is 11.8 Å². The molecule has 0 aliphatic carbocycles. The molecule has 4 aromatic rings. The smallest absolute Gasteiger partial charge is 0.261 e. The van der Waals surface area contributed by atoms with Crippen molar-refractivity contribution in [3.05, 3.63) is 118 Å². The molecule has 7 nitrogen and oxygen atoms in total. The van der Waals surface area contributed by atoms with Gasteiger partial charge in [0.1, 0.15) is 23.2 Å². The summed E-state index contributed by atoms with van der Waals surface area (Å²) in [6.07, 6.45) is 1.40. The lowest BCUT2D eigenvalue weighted by molar-refractivity contribution is -0.113. The number of para-hydroxylation sites is 1. The first-order valence-electron chi connectivity index (χ1n) is 11.2. The Kier molecular flexibility index (Phi) is 6.26. The van der Waals surface area contributed by atoms with E-state index >= 15 is 4.39 Å². The van der Waals surface area contributed by atoms with E-state index in [1.165, 1.54) is 16.9 Å². The summed E-state index contributed by atoms with van der Waals surface area (Å²) in [5.41, 5.74) is 2.40. The molecule has 0 fully saturated rings. The van der Waals surface area contributed by atoms with Crippen molar-refractivity contribution >= 4 is 40.6 Å². The minimum absolute atomic E-state index is 0.249. The summed E-state index contributed by atoms with van der Waals surface area (Å²) >= 11 is 5.96. The van der Waals surface area contributed by atoms with E-state index in [1.807, 2.05) is 18.2 Å². The SMILES string of the molecule is CC1=C(C(=O)Nc2ccc(Cl)cc2)C(c2ccccc2F)n2ncc(C(=O)Nc3ccccc3)c2N1. The van der Waals surface area contributed by atoms with Crippen LogP contribution in [0.4, 0.5) is 21.6 Å². The number of aromatic nitrogens is 2. The summed E-state index contributed by atoms with van der Waals surface area (Å²) < 4.78 is 16.5. The van der Waals surface area contributed by atoms with Gasteiger partial charge in [0.25, 0.3) is 11.8 Å². The number of hydrogen-bond acceptors (Lipinski definition) is 4. The minimum Gasteiger partial charge on any atom is -0.343 e. The molecule has 9 heteroatoms. The van der Waals surface area contributed by atoms with Crippen LogP contribution in [-0.2, 0) is 4.79 Å². The lowest BCUT2D eigenvalue weighted by atomic mass is 9.94. The maximum Gasteiger partial charge on any atom is 0.261 e. The topological polar surface area (TPSA) is 88.0 Å². The standard InChI is InChI=1S/C27H21ClFN5O2/c1-16-23(27(36)33-19-13-11-17(28)12-14-19)24(20-9-5-6-10-22(20)29)34-25(31-16)21(15-30-34)26(35)32-18-7-3-2-4-8-18/h2-15,24,31H,1H3,(H,32,35)(H,33,36). The predicted octanol–water partition coefficient (Wildman–Crippen LogP) is 5.86. The average Bonchev–Trinajstić information content (AvgIpc) is 3.29. The third kappa shape index (κ3) is 4.46. The van der Waals surface area contributed by atoms with E-state index in [1.54, 1.807) is 61.5 Å². The average molecular weight is 502 g/mol. The van der Waals surface area contributed by atoms with Gasteiger partial charge in [-0.05, 0) is 49.4 Å². The largest absolute Gasteiger partial charge is 0.343 e. The fraction of sp³-hybridized carbons (Fsp3) is 0.0741. The van der Waals surface area contributed by atoms with E-state index in [0.29, 0.717) is 27.9 Å². The fourth-order valence-corrected chi connectivity index (χ4v) is 4.28. The quantitative estimate of drug-likeness (QED) is 0.320. The number of allylic oxidation sites excluding steroid dienone is 1. The number of rotatable bonds is 5. The summed E-state index contributed by atoms with van der Waals surface area (Å²) in [5, 5.41) is 13.7. The van der Waals surface area contributed by atoms with Crippen LogP contribution in [0.3, 0.4) is 0 Å². The van der Waals surface area contributed by atoms with Gasteiger partial charge < -0.3 is 16.0 Å². The first-order chi connectivity index (χ1) is 17.4. The number of hydrogen-bond donors (Lipinski definition) is 3. The molecule has 2 heterocycles. The van der Waals surface area contributed by atoms with Gasteiger partial charge >= 0.3 is 0 Å². The van der Waals surface area contributed by atoms with Gasteiger partial charge in [-0.2, -0.15) is 5.10 Å². The van der Waals surface area contributed by atoms with E-state index in [-0.39, 0.29) is 22.6 Å². The summed E-state index contributed by atoms with van der Waals surface area (Å²) in [6, 6.07) is 21.0. The zero-order valence-electron chi connectivity index (χ0n) is 19.1. The van der Waals surface area contributed by atoms with Gasteiger partial charge in [-0.3, -0.25) is 9.59 Å². The summed E-state index contributed by atoms with van der Waals surface area (Å²) in [5.74, 6) is -0.959. The first-order valence-corrected chi connectivity index (χ1v) is 11.5. The fourth-order valence-electron chi connectivity index (χ4n) is 4.15. The van der Waals surface area contributed by atoms with Crippen molar-refractivity contribution in [2.75, 3.05) is 16.0 Å². The highest BCUT2D eigenvalue weighted by Crippen LogP contribution is 2.38. The molecule has 1 unspecified atom stereocenters. The van der Waals surface area contributed by atoms with Crippen LogP contribution < -0.4 is 16.0 Å². The van der Waals surface area contributed by atoms with Gasteiger partial charge in [-0.25, -0.2) is 9.07 Å². The van der Waals surface area contributed by atoms with Crippen LogP contribution in [0.5, 0.6) is 0 Å². The summed E-state index contributed by atoms with van der Waals surface area (Å²) in [4.78, 5) is 26.5. The zero-order chi connectivity index (χ0) is 25.2. The molecule has 0 bridgehead atoms. The van der Waals surface area contributed by atoms with E-state index in [4.69, 9.17) is 11.6 Å². The normalized spacial score (nSPS) is 14.6. The third-order valence-corrected chi connectivity index (χ3v) is 6.10. The highest BCUT2D eigenvalue weighted by Gasteiger charge is 2.36. The number of amides is 2.